The number of ether oxygens (including phenoxy) is 2. The Morgan fingerprint density at radius 2 is 1.89 bits per heavy atom. The molecule has 0 spiro atoms. The molecule has 0 unspecified atom stereocenters. The first-order chi connectivity index (χ1) is 21.0. The smallest absolute Gasteiger partial charge is 0.424 e. The number of methoxy groups -OCH3 is 1. The molecule has 15 heteroatoms. The first-order valence-electron chi connectivity index (χ1n) is 13.2. The summed E-state index contributed by atoms with van der Waals surface area (Å²) in [5.74, 6) is -2.84. The van der Waals surface area contributed by atoms with Crippen molar-refractivity contribution in [3.05, 3.63) is 80.8 Å². The molecule has 0 aliphatic carbocycles. The Morgan fingerprint density at radius 1 is 1.18 bits per heavy atom. The fraction of sp³-hybridized carbons (Fsp3) is 0.267. The highest BCUT2D eigenvalue weighted by molar-refractivity contribution is 6.33. The number of aryl methyl sites for hydroxylation is 1. The molecule has 0 bridgehead atoms. The van der Waals surface area contributed by atoms with Crippen LogP contribution < -0.4 is 20.5 Å². The summed E-state index contributed by atoms with van der Waals surface area (Å²) in [4.78, 5) is 34.0. The second-order valence-electron chi connectivity index (χ2n) is 10.7. The molecule has 2 aromatic heterocycles. The molecule has 236 valence electrons. The largest absolute Gasteiger partial charge is 0.494 e. The average Bonchev–Trinajstić information content (AvgIpc) is 3.34. The Labute approximate surface area is 263 Å². The molecule has 4 N–H and O–H groups in total. The Morgan fingerprint density at radius 3 is 2.53 bits per heavy atom. The zero-order chi connectivity index (χ0) is 33.1. The third kappa shape index (κ3) is 5.38. The van der Waals surface area contributed by atoms with Crippen molar-refractivity contribution in [2.75, 3.05) is 20.3 Å². The van der Waals surface area contributed by atoms with Gasteiger partial charge in [-0.2, -0.15) is 13.2 Å². The van der Waals surface area contributed by atoms with Crippen LogP contribution in [0, 0.1) is 12.7 Å². The van der Waals surface area contributed by atoms with Crippen molar-refractivity contribution in [3.8, 4) is 22.8 Å². The molecule has 2 amide bonds. The van der Waals surface area contributed by atoms with Gasteiger partial charge in [0.2, 0.25) is 11.5 Å². The van der Waals surface area contributed by atoms with Gasteiger partial charge >= 0.3 is 6.18 Å². The monoisotopic (exact) mass is 666 g/mol. The number of amides is 2. The molecule has 2 atom stereocenters. The van der Waals surface area contributed by atoms with Crippen LogP contribution in [0.15, 0.2) is 42.5 Å². The van der Waals surface area contributed by atoms with Gasteiger partial charge < -0.3 is 25.6 Å². The zero-order valence-electron chi connectivity index (χ0n) is 23.8. The van der Waals surface area contributed by atoms with Gasteiger partial charge in [-0.1, -0.05) is 35.3 Å². The molecule has 1 aliphatic rings. The van der Waals surface area contributed by atoms with Gasteiger partial charge in [0.05, 0.1) is 35.1 Å². The van der Waals surface area contributed by atoms with E-state index in [4.69, 9.17) is 38.4 Å². The number of nitrogens with one attached hydrogen (secondary N) is 1. The van der Waals surface area contributed by atoms with Crippen LogP contribution in [0.2, 0.25) is 10.0 Å². The van der Waals surface area contributed by atoms with E-state index in [-0.39, 0.29) is 45.5 Å². The number of nitrogens with two attached hydrogens (primary N) is 1. The maximum atomic E-state index is 14.7. The minimum atomic E-state index is -5.43. The lowest BCUT2D eigenvalue weighted by atomic mass is 9.81. The van der Waals surface area contributed by atoms with Crippen LogP contribution >= 0.6 is 23.2 Å². The first-order valence-corrected chi connectivity index (χ1v) is 13.9. The van der Waals surface area contributed by atoms with E-state index >= 15 is 0 Å². The summed E-state index contributed by atoms with van der Waals surface area (Å²) in [6.45, 7) is 1.22. The van der Waals surface area contributed by atoms with Gasteiger partial charge in [-0.15, -0.1) is 0 Å². The number of primary amides is 1. The number of aromatic nitrogens is 2. The Kier molecular flexibility index (Phi) is 8.09. The Bertz CT molecular complexity index is 1890. The standard InChI is InChI=1S/C30H24Cl2F4N4O5/c1-13-18(31)8-14-7-15(9-20(44-3)23(14)39-13)26(41)38-11-29(43,30(34,35)36)21-10-17-25(45-12-28(17,2)27(37)42)24(40-21)16-5-4-6-19(33)22(16)32/h4-10,43H,11-12H2,1-3H3,(H2,37,42)(H,38,41)/t28-,29-/m0/s1. The van der Waals surface area contributed by atoms with Crippen molar-refractivity contribution in [2.24, 2.45) is 5.73 Å². The van der Waals surface area contributed by atoms with E-state index < -0.39 is 52.1 Å². The summed E-state index contributed by atoms with van der Waals surface area (Å²) in [6, 6.07) is 8.54. The van der Waals surface area contributed by atoms with Crippen LogP contribution in [0.3, 0.4) is 0 Å². The van der Waals surface area contributed by atoms with E-state index in [0.29, 0.717) is 16.6 Å². The van der Waals surface area contributed by atoms with Crippen LogP contribution in [0.4, 0.5) is 17.6 Å². The summed E-state index contributed by atoms with van der Waals surface area (Å²) in [5.41, 5.74) is -0.828. The lowest BCUT2D eigenvalue weighted by Gasteiger charge is -2.31. The number of pyridine rings is 2. The molecule has 3 heterocycles. The molecule has 1 aliphatic heterocycles. The summed E-state index contributed by atoms with van der Waals surface area (Å²) in [6.07, 6.45) is -5.43. The fourth-order valence-electron chi connectivity index (χ4n) is 4.92. The van der Waals surface area contributed by atoms with Crippen molar-refractivity contribution in [2.45, 2.75) is 31.0 Å². The lowest BCUT2D eigenvalue weighted by Crippen LogP contribution is -2.51. The molecule has 45 heavy (non-hydrogen) atoms. The predicted molar refractivity (Wildman–Crippen MR) is 157 cm³/mol. The summed E-state index contributed by atoms with van der Waals surface area (Å²) < 4.78 is 69.6. The SMILES string of the molecule is COc1cc(C(=O)NC[C@](O)(c2cc3c(c(-c4cccc(F)c4Cl)n2)OC[C@]3(C)C(N)=O)C(F)(F)F)cc2cc(Cl)c(C)nc12. The van der Waals surface area contributed by atoms with Gasteiger partial charge in [0, 0.05) is 22.1 Å². The second-order valence-corrected chi connectivity index (χ2v) is 11.5. The lowest BCUT2D eigenvalue weighted by molar-refractivity contribution is -0.265. The third-order valence-electron chi connectivity index (χ3n) is 7.71. The van der Waals surface area contributed by atoms with E-state index in [1.165, 1.54) is 44.4 Å². The third-order valence-corrected chi connectivity index (χ3v) is 8.48. The second kappa shape index (κ2) is 11.3. The summed E-state index contributed by atoms with van der Waals surface area (Å²) in [5, 5.41) is 13.6. The molecular weight excluding hydrogens is 643 g/mol. The summed E-state index contributed by atoms with van der Waals surface area (Å²) in [7, 11) is 1.33. The number of carbonyl (C=O) groups excluding carboxylic acids is 2. The maximum Gasteiger partial charge on any atom is 0.424 e. The molecule has 5 rings (SSSR count). The highest BCUT2D eigenvalue weighted by atomic mass is 35.5. The van der Waals surface area contributed by atoms with Gasteiger partial charge in [-0.3, -0.25) is 9.59 Å². The molecule has 2 aromatic carbocycles. The van der Waals surface area contributed by atoms with Crippen molar-refractivity contribution < 1.29 is 41.7 Å². The zero-order valence-corrected chi connectivity index (χ0v) is 25.3. The molecule has 0 fully saturated rings. The van der Waals surface area contributed by atoms with Gasteiger partial charge in [0.15, 0.2) is 0 Å². The van der Waals surface area contributed by atoms with Crippen LogP contribution in [0.1, 0.15) is 34.2 Å². The van der Waals surface area contributed by atoms with Crippen molar-refractivity contribution in [1.29, 1.82) is 0 Å². The Balaban J connectivity index is 1.62. The van der Waals surface area contributed by atoms with Crippen molar-refractivity contribution in [1.82, 2.24) is 15.3 Å². The van der Waals surface area contributed by atoms with Crippen LogP contribution in [0.25, 0.3) is 22.2 Å². The van der Waals surface area contributed by atoms with E-state index in [1.54, 1.807) is 6.92 Å². The number of halogens is 6. The Hall–Kier alpha value is -4.20. The van der Waals surface area contributed by atoms with Gasteiger partial charge in [-0.25, -0.2) is 14.4 Å². The topological polar surface area (TPSA) is 137 Å². The number of hydrogen-bond acceptors (Lipinski definition) is 7. The molecule has 9 nitrogen and oxygen atoms in total. The minimum absolute atomic E-state index is 0.116. The predicted octanol–water partition coefficient (Wildman–Crippen LogP) is 5.38. The molecule has 4 aromatic rings. The first kappa shape index (κ1) is 32.2. The fourth-order valence-corrected chi connectivity index (χ4v) is 5.30. The molecule has 0 saturated carbocycles. The van der Waals surface area contributed by atoms with Gasteiger partial charge in [0.25, 0.3) is 5.91 Å². The molecule has 0 radical (unpaired) electrons. The number of rotatable bonds is 7. The van der Waals surface area contributed by atoms with Crippen molar-refractivity contribution in [3.63, 3.8) is 0 Å². The highest BCUT2D eigenvalue weighted by Gasteiger charge is 2.57. The minimum Gasteiger partial charge on any atom is -0.494 e. The number of carbonyl (C=O) groups is 2. The number of nitrogens with zero attached hydrogens (tertiary/aromatic N) is 2. The quantitative estimate of drug-likeness (QED) is 0.226. The normalized spacial score (nSPS) is 17.4. The van der Waals surface area contributed by atoms with E-state index in [0.717, 1.165) is 12.1 Å². The maximum absolute atomic E-state index is 14.7. The number of hydrogen-bond donors (Lipinski definition) is 3. The molecule has 0 saturated heterocycles. The van der Waals surface area contributed by atoms with Crippen molar-refractivity contribution >= 4 is 45.9 Å². The van der Waals surface area contributed by atoms with Crippen LogP contribution in [0.5, 0.6) is 11.5 Å². The van der Waals surface area contributed by atoms with E-state index in [2.05, 4.69) is 15.3 Å². The van der Waals surface area contributed by atoms with E-state index in [9.17, 15) is 32.3 Å². The van der Waals surface area contributed by atoms with Gasteiger partial charge in [-0.05, 0) is 44.2 Å². The van der Waals surface area contributed by atoms with Gasteiger partial charge in [0.1, 0.15) is 40.5 Å². The molecular formula is C30H24Cl2F4N4O5. The van der Waals surface area contributed by atoms with Crippen LogP contribution in [-0.4, -0.2) is 53.3 Å². The number of alkyl halides is 3. The highest BCUT2D eigenvalue weighted by Crippen LogP contribution is 2.49. The number of benzene rings is 2. The summed E-state index contributed by atoms with van der Waals surface area (Å²) >= 11 is 12.3. The number of fused-ring (bicyclic) bond motifs is 2. The van der Waals surface area contributed by atoms with E-state index in [1.807, 2.05) is 0 Å². The number of aliphatic hydroxyl groups is 1. The average molecular weight is 667 g/mol. The van der Waals surface area contributed by atoms with Crippen LogP contribution in [-0.2, 0) is 15.8 Å².